The van der Waals surface area contributed by atoms with Gasteiger partial charge in [0.05, 0.1) is 11.9 Å². The van der Waals surface area contributed by atoms with Crippen molar-refractivity contribution in [3.8, 4) is 0 Å². The standard InChI is InChI=1S/C18H28N4O3/c1-25-11-7-15-6-2-3-10-21(15)18(24)14-22-17(23)12-16(13-19-22)20-8-4-5-9-20/h12-13,15H,2-11,14H2,1H3/t15-/m0/s1. The molecule has 7 heteroatoms. The Balaban J connectivity index is 1.66. The zero-order valence-corrected chi connectivity index (χ0v) is 15.0. The monoisotopic (exact) mass is 348 g/mol. The van der Waals surface area contributed by atoms with E-state index in [1.807, 2.05) is 4.90 Å². The van der Waals surface area contributed by atoms with Crippen molar-refractivity contribution in [2.45, 2.75) is 51.1 Å². The van der Waals surface area contributed by atoms with Crippen LogP contribution in [0.25, 0.3) is 0 Å². The largest absolute Gasteiger partial charge is 0.385 e. The van der Waals surface area contributed by atoms with Gasteiger partial charge in [0.1, 0.15) is 6.54 Å². The van der Waals surface area contributed by atoms with Crippen LogP contribution in [0.15, 0.2) is 17.1 Å². The minimum atomic E-state index is -0.205. The third-order valence-corrected chi connectivity index (χ3v) is 5.21. The van der Waals surface area contributed by atoms with Crippen molar-refractivity contribution in [2.75, 3.05) is 38.3 Å². The second kappa shape index (κ2) is 8.47. The fourth-order valence-corrected chi connectivity index (χ4v) is 3.79. The molecular formula is C18H28N4O3. The van der Waals surface area contributed by atoms with Crippen LogP contribution in [0.3, 0.4) is 0 Å². The Bertz CT molecular complexity index is 639. The van der Waals surface area contributed by atoms with Gasteiger partial charge in [0, 0.05) is 45.5 Å². The Labute approximate surface area is 148 Å². The highest BCUT2D eigenvalue weighted by atomic mass is 16.5. The van der Waals surface area contributed by atoms with Crippen molar-refractivity contribution in [3.05, 3.63) is 22.6 Å². The zero-order valence-electron chi connectivity index (χ0n) is 15.0. The van der Waals surface area contributed by atoms with E-state index in [1.165, 1.54) is 4.68 Å². The number of aromatic nitrogens is 2. The lowest BCUT2D eigenvalue weighted by Crippen LogP contribution is -2.46. The first-order chi connectivity index (χ1) is 12.2. The minimum absolute atomic E-state index is 0.0165. The molecule has 0 aromatic carbocycles. The van der Waals surface area contributed by atoms with Crippen LogP contribution in [0.4, 0.5) is 5.69 Å². The van der Waals surface area contributed by atoms with Gasteiger partial charge in [-0.05, 0) is 38.5 Å². The number of carbonyl (C=O) groups is 1. The first kappa shape index (κ1) is 17.9. The molecule has 2 aliphatic rings. The fourth-order valence-electron chi connectivity index (χ4n) is 3.79. The van der Waals surface area contributed by atoms with Gasteiger partial charge in [0.15, 0.2) is 0 Å². The van der Waals surface area contributed by atoms with E-state index < -0.39 is 0 Å². The summed E-state index contributed by atoms with van der Waals surface area (Å²) in [5.74, 6) is -0.0238. The van der Waals surface area contributed by atoms with Crippen LogP contribution in [0.2, 0.25) is 0 Å². The Hall–Kier alpha value is -1.89. The molecule has 0 radical (unpaired) electrons. The first-order valence-corrected chi connectivity index (χ1v) is 9.29. The van der Waals surface area contributed by atoms with Crippen LogP contribution >= 0.6 is 0 Å². The van der Waals surface area contributed by atoms with Gasteiger partial charge in [0.2, 0.25) is 5.91 Å². The predicted octanol–water partition coefficient (Wildman–Crippen LogP) is 1.26. The van der Waals surface area contributed by atoms with Crippen molar-refractivity contribution in [2.24, 2.45) is 0 Å². The molecule has 25 heavy (non-hydrogen) atoms. The number of hydrogen-bond acceptors (Lipinski definition) is 5. The van der Waals surface area contributed by atoms with Crippen molar-refractivity contribution in [1.82, 2.24) is 14.7 Å². The maximum Gasteiger partial charge on any atom is 0.269 e. The maximum atomic E-state index is 12.7. The van der Waals surface area contributed by atoms with E-state index in [0.717, 1.165) is 63.8 Å². The van der Waals surface area contributed by atoms with E-state index in [1.54, 1.807) is 19.4 Å². The van der Waals surface area contributed by atoms with Crippen LogP contribution in [0, 0.1) is 0 Å². The van der Waals surface area contributed by atoms with Gasteiger partial charge in [-0.3, -0.25) is 9.59 Å². The lowest BCUT2D eigenvalue weighted by atomic mass is 9.99. The number of anilines is 1. The van der Waals surface area contributed by atoms with Crippen LogP contribution in [0.1, 0.15) is 38.5 Å². The summed E-state index contributed by atoms with van der Waals surface area (Å²) in [5, 5.41) is 4.24. The molecule has 2 saturated heterocycles. The maximum absolute atomic E-state index is 12.7. The highest BCUT2D eigenvalue weighted by Crippen LogP contribution is 2.20. The summed E-state index contributed by atoms with van der Waals surface area (Å²) in [6.07, 6.45) is 8.02. The third kappa shape index (κ3) is 4.39. The van der Waals surface area contributed by atoms with Crippen LogP contribution in [-0.4, -0.2) is 60.0 Å². The van der Waals surface area contributed by atoms with E-state index in [9.17, 15) is 9.59 Å². The number of methoxy groups -OCH3 is 1. The highest BCUT2D eigenvalue weighted by Gasteiger charge is 2.27. The van der Waals surface area contributed by atoms with Gasteiger partial charge >= 0.3 is 0 Å². The van der Waals surface area contributed by atoms with Gasteiger partial charge in [-0.15, -0.1) is 0 Å². The Morgan fingerprint density at radius 2 is 2.00 bits per heavy atom. The number of rotatable bonds is 6. The average molecular weight is 348 g/mol. The summed E-state index contributed by atoms with van der Waals surface area (Å²) in [5.41, 5.74) is 0.658. The summed E-state index contributed by atoms with van der Waals surface area (Å²) >= 11 is 0. The van der Waals surface area contributed by atoms with Crippen molar-refractivity contribution < 1.29 is 9.53 Å². The molecule has 0 aliphatic carbocycles. The fraction of sp³-hybridized carbons (Fsp3) is 0.722. The third-order valence-electron chi connectivity index (χ3n) is 5.21. The second-order valence-electron chi connectivity index (χ2n) is 6.92. The molecule has 0 saturated carbocycles. The number of nitrogens with zero attached hydrogens (tertiary/aromatic N) is 4. The van der Waals surface area contributed by atoms with Crippen molar-refractivity contribution >= 4 is 11.6 Å². The molecule has 0 N–H and O–H groups in total. The van der Waals surface area contributed by atoms with Gasteiger partial charge in [0.25, 0.3) is 5.56 Å². The lowest BCUT2D eigenvalue weighted by molar-refractivity contribution is -0.136. The van der Waals surface area contributed by atoms with E-state index in [-0.39, 0.29) is 24.1 Å². The van der Waals surface area contributed by atoms with E-state index >= 15 is 0 Å². The molecule has 0 unspecified atom stereocenters. The zero-order chi connectivity index (χ0) is 17.6. The molecule has 1 aromatic rings. The molecule has 1 atom stereocenters. The number of carbonyl (C=O) groups excluding carboxylic acids is 1. The molecule has 0 spiro atoms. The van der Waals surface area contributed by atoms with Crippen LogP contribution < -0.4 is 10.5 Å². The average Bonchev–Trinajstić information content (AvgIpc) is 3.16. The summed E-state index contributed by atoms with van der Waals surface area (Å²) < 4.78 is 6.44. The normalized spacial score (nSPS) is 20.9. The summed E-state index contributed by atoms with van der Waals surface area (Å²) in [6.45, 7) is 3.37. The van der Waals surface area contributed by atoms with Crippen LogP contribution in [-0.2, 0) is 16.1 Å². The smallest absolute Gasteiger partial charge is 0.269 e. The molecule has 3 heterocycles. The topological polar surface area (TPSA) is 67.7 Å². The SMILES string of the molecule is COCC[C@@H]1CCCCN1C(=O)Cn1ncc(N2CCCC2)cc1=O. The number of ether oxygens (including phenoxy) is 1. The predicted molar refractivity (Wildman–Crippen MR) is 95.8 cm³/mol. The van der Waals surface area contributed by atoms with Gasteiger partial charge in [-0.1, -0.05) is 0 Å². The van der Waals surface area contributed by atoms with Crippen molar-refractivity contribution in [1.29, 1.82) is 0 Å². The molecule has 1 amide bonds. The molecule has 138 valence electrons. The highest BCUT2D eigenvalue weighted by molar-refractivity contribution is 5.76. The van der Waals surface area contributed by atoms with Gasteiger partial charge in [-0.25, -0.2) is 4.68 Å². The first-order valence-electron chi connectivity index (χ1n) is 9.29. The number of piperidine rings is 1. The van der Waals surface area contributed by atoms with Crippen LogP contribution in [0.5, 0.6) is 0 Å². The number of hydrogen-bond donors (Lipinski definition) is 0. The summed E-state index contributed by atoms with van der Waals surface area (Å²) in [6, 6.07) is 1.81. The van der Waals surface area contributed by atoms with E-state index in [4.69, 9.17) is 4.74 Å². The van der Waals surface area contributed by atoms with Crippen molar-refractivity contribution in [3.63, 3.8) is 0 Å². The number of amides is 1. The Morgan fingerprint density at radius 1 is 1.24 bits per heavy atom. The second-order valence-corrected chi connectivity index (χ2v) is 6.92. The molecule has 2 fully saturated rings. The van der Waals surface area contributed by atoms with E-state index in [0.29, 0.717) is 6.61 Å². The Morgan fingerprint density at radius 3 is 2.72 bits per heavy atom. The lowest BCUT2D eigenvalue weighted by Gasteiger charge is -2.35. The van der Waals surface area contributed by atoms with Gasteiger partial charge in [-0.2, -0.15) is 5.10 Å². The van der Waals surface area contributed by atoms with E-state index in [2.05, 4.69) is 10.00 Å². The minimum Gasteiger partial charge on any atom is -0.385 e. The molecule has 3 rings (SSSR count). The Kier molecular flexibility index (Phi) is 6.07. The summed E-state index contributed by atoms with van der Waals surface area (Å²) in [7, 11) is 1.68. The summed E-state index contributed by atoms with van der Waals surface area (Å²) in [4.78, 5) is 29.1. The van der Waals surface area contributed by atoms with Gasteiger partial charge < -0.3 is 14.5 Å². The molecule has 7 nitrogen and oxygen atoms in total. The number of likely N-dealkylation sites (tertiary alicyclic amines) is 1. The molecule has 1 aromatic heterocycles. The molecular weight excluding hydrogens is 320 g/mol. The quantitative estimate of drug-likeness (QED) is 0.774. The molecule has 2 aliphatic heterocycles. The molecule has 0 bridgehead atoms.